The molecule has 0 amide bonds. The maximum atomic E-state index is 9.37. The van der Waals surface area contributed by atoms with Crippen LogP contribution in [0.5, 0.6) is 5.75 Å². The highest BCUT2D eigenvalue weighted by Gasteiger charge is 2.12. The van der Waals surface area contributed by atoms with Gasteiger partial charge in [-0.25, -0.2) is 0 Å². The summed E-state index contributed by atoms with van der Waals surface area (Å²) in [6, 6.07) is 11.4. The van der Waals surface area contributed by atoms with Crippen LogP contribution in [0.15, 0.2) is 40.9 Å². The summed E-state index contributed by atoms with van der Waals surface area (Å²) in [6.45, 7) is 4.10. The Bertz CT molecular complexity index is 598. The summed E-state index contributed by atoms with van der Waals surface area (Å²) < 4.78 is 0.997. The van der Waals surface area contributed by atoms with Gasteiger partial charge >= 0.3 is 0 Å². The van der Waals surface area contributed by atoms with Crippen LogP contribution in [0.25, 0.3) is 0 Å². The van der Waals surface area contributed by atoms with Crippen molar-refractivity contribution in [2.45, 2.75) is 26.3 Å². The topological polar surface area (TPSA) is 32.3 Å². The van der Waals surface area contributed by atoms with Crippen molar-refractivity contribution in [3.05, 3.63) is 57.0 Å². The van der Waals surface area contributed by atoms with Crippen LogP contribution in [-0.4, -0.2) is 5.11 Å². The lowest BCUT2D eigenvalue weighted by Gasteiger charge is -2.20. The number of benzene rings is 2. The molecule has 2 rings (SSSR count). The van der Waals surface area contributed by atoms with E-state index in [2.05, 4.69) is 28.2 Å². The fourth-order valence-electron chi connectivity index (χ4n) is 2.07. The summed E-state index contributed by atoms with van der Waals surface area (Å²) in [5, 5.41) is 13.6. The molecule has 2 N–H and O–H groups in total. The molecule has 0 heterocycles. The molecule has 20 heavy (non-hydrogen) atoms. The first kappa shape index (κ1) is 15.2. The molecule has 0 aromatic heterocycles. The minimum absolute atomic E-state index is 0.172. The predicted molar refractivity (Wildman–Crippen MR) is 88.7 cm³/mol. The molecule has 0 aliphatic carbocycles. The summed E-state index contributed by atoms with van der Waals surface area (Å²) in [5.41, 5.74) is 3.15. The van der Waals surface area contributed by atoms with Crippen molar-refractivity contribution < 1.29 is 5.11 Å². The molecule has 2 nitrogen and oxygen atoms in total. The van der Waals surface area contributed by atoms with Gasteiger partial charge in [0, 0.05) is 9.50 Å². The highest BCUT2D eigenvalue weighted by atomic mass is 79.9. The third-order valence-corrected chi connectivity index (χ3v) is 4.35. The maximum absolute atomic E-state index is 9.37. The van der Waals surface area contributed by atoms with Crippen LogP contribution in [0.1, 0.15) is 30.5 Å². The van der Waals surface area contributed by atoms with Crippen LogP contribution < -0.4 is 5.32 Å². The minimum Gasteiger partial charge on any atom is -0.508 e. The smallest absolute Gasteiger partial charge is 0.115 e. The number of nitrogens with one attached hydrogen (secondary N) is 1. The fraction of sp³-hybridized carbons (Fsp3) is 0.250. The van der Waals surface area contributed by atoms with Crippen molar-refractivity contribution in [2.75, 3.05) is 5.32 Å². The molecule has 2 aromatic rings. The van der Waals surface area contributed by atoms with Gasteiger partial charge in [-0.2, -0.15) is 0 Å². The Morgan fingerprint density at radius 3 is 2.50 bits per heavy atom. The van der Waals surface area contributed by atoms with E-state index in [4.69, 9.17) is 11.6 Å². The number of aryl methyl sites for hydroxylation is 1. The minimum atomic E-state index is 0.172. The highest BCUT2D eigenvalue weighted by molar-refractivity contribution is 9.10. The van der Waals surface area contributed by atoms with E-state index < -0.39 is 0 Å². The summed E-state index contributed by atoms with van der Waals surface area (Å²) in [4.78, 5) is 0. The number of aromatic hydroxyl groups is 1. The van der Waals surface area contributed by atoms with E-state index in [1.807, 2.05) is 31.2 Å². The molecule has 0 saturated heterocycles. The summed E-state index contributed by atoms with van der Waals surface area (Å²) >= 11 is 9.75. The van der Waals surface area contributed by atoms with Crippen LogP contribution in [-0.2, 0) is 0 Å². The first-order valence-corrected chi connectivity index (χ1v) is 7.69. The van der Waals surface area contributed by atoms with Gasteiger partial charge in [-0.3, -0.25) is 0 Å². The molecule has 0 spiro atoms. The first-order valence-electron chi connectivity index (χ1n) is 6.52. The van der Waals surface area contributed by atoms with Gasteiger partial charge in [-0.05, 0) is 64.7 Å². The van der Waals surface area contributed by atoms with Crippen LogP contribution >= 0.6 is 27.5 Å². The zero-order chi connectivity index (χ0) is 14.7. The molecular formula is C16H17BrClNO. The lowest BCUT2D eigenvalue weighted by Crippen LogP contribution is -2.10. The second kappa shape index (κ2) is 6.51. The summed E-state index contributed by atoms with van der Waals surface area (Å²) in [5.74, 6) is 0.281. The predicted octanol–water partition coefficient (Wildman–Crippen LogP) is 5.68. The van der Waals surface area contributed by atoms with Gasteiger partial charge in [-0.15, -0.1) is 0 Å². The molecule has 0 aliphatic rings. The highest BCUT2D eigenvalue weighted by Crippen LogP contribution is 2.32. The number of halogens is 2. The van der Waals surface area contributed by atoms with Crippen LogP contribution in [0.2, 0.25) is 5.02 Å². The van der Waals surface area contributed by atoms with E-state index in [-0.39, 0.29) is 11.8 Å². The maximum Gasteiger partial charge on any atom is 0.115 e. The lowest BCUT2D eigenvalue weighted by atomic mass is 10.0. The lowest BCUT2D eigenvalue weighted by molar-refractivity contribution is 0.475. The van der Waals surface area contributed by atoms with Gasteiger partial charge < -0.3 is 10.4 Å². The van der Waals surface area contributed by atoms with Crippen molar-refractivity contribution in [1.29, 1.82) is 0 Å². The molecule has 0 saturated carbocycles. The molecule has 0 aliphatic heterocycles. The van der Waals surface area contributed by atoms with Crippen molar-refractivity contribution in [3.63, 3.8) is 0 Å². The molecular weight excluding hydrogens is 338 g/mol. The number of hydrogen-bond donors (Lipinski definition) is 2. The molecule has 4 heteroatoms. The molecule has 0 fully saturated rings. The SMILES string of the molecule is CCC(Nc1cc(Cl)c(C)cc1Br)c1ccc(O)cc1. The molecule has 0 radical (unpaired) electrons. The zero-order valence-corrected chi connectivity index (χ0v) is 13.8. The Kier molecular flexibility index (Phi) is 4.95. The molecule has 2 aromatic carbocycles. The summed E-state index contributed by atoms with van der Waals surface area (Å²) in [7, 11) is 0. The normalized spacial score (nSPS) is 12.2. The van der Waals surface area contributed by atoms with E-state index in [1.165, 1.54) is 0 Å². The van der Waals surface area contributed by atoms with Crippen LogP contribution in [0.4, 0.5) is 5.69 Å². The fourth-order valence-corrected chi connectivity index (χ4v) is 2.81. The molecule has 1 unspecified atom stereocenters. The second-order valence-corrected chi connectivity index (χ2v) is 6.04. The molecule has 106 valence electrons. The Balaban J connectivity index is 2.26. The van der Waals surface area contributed by atoms with E-state index >= 15 is 0 Å². The Labute approximate surface area is 132 Å². The largest absolute Gasteiger partial charge is 0.508 e. The Morgan fingerprint density at radius 1 is 1.25 bits per heavy atom. The standard InChI is InChI=1S/C16H17BrClNO/c1-3-15(11-4-6-12(20)7-5-11)19-16-9-14(18)10(2)8-13(16)17/h4-9,15,19-20H,3H2,1-2H3. The quantitative estimate of drug-likeness (QED) is 0.740. The number of phenols is 1. The Morgan fingerprint density at radius 2 is 1.90 bits per heavy atom. The molecule has 0 bridgehead atoms. The number of anilines is 1. The number of phenolic OH excluding ortho intramolecular Hbond substituents is 1. The second-order valence-electron chi connectivity index (χ2n) is 4.78. The van der Waals surface area contributed by atoms with E-state index in [0.29, 0.717) is 0 Å². The Hall–Kier alpha value is -1.19. The van der Waals surface area contributed by atoms with Crippen molar-refractivity contribution in [3.8, 4) is 5.75 Å². The summed E-state index contributed by atoms with van der Waals surface area (Å²) in [6.07, 6.45) is 0.933. The van der Waals surface area contributed by atoms with Crippen LogP contribution in [0, 0.1) is 6.92 Å². The van der Waals surface area contributed by atoms with Gasteiger partial charge in [-0.1, -0.05) is 30.7 Å². The van der Waals surface area contributed by atoms with Gasteiger partial charge in [0.1, 0.15) is 5.75 Å². The van der Waals surface area contributed by atoms with E-state index in [1.54, 1.807) is 12.1 Å². The average Bonchev–Trinajstić information content (AvgIpc) is 2.42. The van der Waals surface area contributed by atoms with Crippen molar-refractivity contribution >= 4 is 33.2 Å². The van der Waals surface area contributed by atoms with Gasteiger partial charge in [0.15, 0.2) is 0 Å². The third kappa shape index (κ3) is 3.47. The van der Waals surface area contributed by atoms with Gasteiger partial charge in [0.05, 0.1) is 11.7 Å². The first-order chi connectivity index (χ1) is 9.51. The van der Waals surface area contributed by atoms with Gasteiger partial charge in [0.25, 0.3) is 0 Å². The zero-order valence-electron chi connectivity index (χ0n) is 11.5. The molecule has 1 atom stereocenters. The van der Waals surface area contributed by atoms with Crippen molar-refractivity contribution in [1.82, 2.24) is 0 Å². The average molecular weight is 355 g/mol. The third-order valence-electron chi connectivity index (χ3n) is 3.28. The number of hydrogen-bond acceptors (Lipinski definition) is 2. The monoisotopic (exact) mass is 353 g/mol. The number of rotatable bonds is 4. The van der Waals surface area contributed by atoms with Crippen molar-refractivity contribution in [2.24, 2.45) is 0 Å². The van der Waals surface area contributed by atoms with Gasteiger partial charge in [0.2, 0.25) is 0 Å². The van der Waals surface area contributed by atoms with E-state index in [0.717, 1.165) is 32.7 Å². The van der Waals surface area contributed by atoms with E-state index in [9.17, 15) is 5.11 Å². The van der Waals surface area contributed by atoms with Crippen LogP contribution in [0.3, 0.4) is 0 Å².